The van der Waals surface area contributed by atoms with Crippen molar-refractivity contribution < 1.29 is 14.6 Å². The fourth-order valence-electron chi connectivity index (χ4n) is 4.98. The van der Waals surface area contributed by atoms with Crippen LogP contribution in [0.15, 0.2) is 0 Å². The van der Waals surface area contributed by atoms with E-state index in [2.05, 4.69) is 27.7 Å². The average molecular weight is 224 g/mol. The van der Waals surface area contributed by atoms with Crippen LogP contribution in [0.4, 0.5) is 0 Å². The van der Waals surface area contributed by atoms with Gasteiger partial charge in [-0.1, -0.05) is 13.8 Å². The lowest BCUT2D eigenvalue weighted by Crippen LogP contribution is -3.45. The molecule has 0 atom stereocenters. The van der Waals surface area contributed by atoms with Crippen molar-refractivity contribution in [1.82, 2.24) is 0 Å². The first-order chi connectivity index (χ1) is 7.36. The molecule has 3 heteroatoms. The molecule has 4 fully saturated rings. The Labute approximate surface area is 97.8 Å². The van der Waals surface area contributed by atoms with Crippen LogP contribution in [-0.2, 0) is 4.79 Å². The molecular weight excluding hydrogens is 200 g/mol. The van der Waals surface area contributed by atoms with E-state index in [9.17, 15) is 4.79 Å². The van der Waals surface area contributed by atoms with Crippen LogP contribution < -0.4 is 9.80 Å². The van der Waals surface area contributed by atoms with Crippen LogP contribution in [0.5, 0.6) is 0 Å². The summed E-state index contributed by atoms with van der Waals surface area (Å²) in [5.41, 5.74) is -0.0530. The number of Topliss-reactive ketones (excluding diaryl/α,β-unsaturated/α-hetero) is 1. The Hall–Kier alpha value is -0.410. The van der Waals surface area contributed by atoms with Crippen molar-refractivity contribution in [1.29, 1.82) is 0 Å². The summed E-state index contributed by atoms with van der Waals surface area (Å²) in [6.07, 6.45) is 0.731. The average Bonchev–Trinajstić information content (AvgIpc) is 2.11. The number of rotatable bonds is 1. The van der Waals surface area contributed by atoms with Gasteiger partial charge >= 0.3 is 0 Å². The van der Waals surface area contributed by atoms with Crippen molar-refractivity contribution in [2.24, 2.45) is 16.7 Å². The normalized spacial score (nSPS) is 55.1. The van der Waals surface area contributed by atoms with Crippen LogP contribution in [0, 0.1) is 16.7 Å². The van der Waals surface area contributed by atoms with E-state index in [1.165, 1.54) is 0 Å². The molecule has 90 valence electrons. The molecule has 4 aliphatic heterocycles. The topological polar surface area (TPSA) is 26.0 Å². The number of hydrogen-bond acceptors (Lipinski definition) is 1. The molecule has 4 rings (SSSR count). The third kappa shape index (κ3) is 1.13. The zero-order chi connectivity index (χ0) is 11.7. The van der Waals surface area contributed by atoms with Crippen molar-refractivity contribution >= 4 is 5.78 Å². The van der Waals surface area contributed by atoms with Crippen molar-refractivity contribution in [3.8, 4) is 0 Å². The van der Waals surface area contributed by atoms with Crippen molar-refractivity contribution in [3.05, 3.63) is 0 Å². The van der Waals surface area contributed by atoms with Crippen LogP contribution in [0.1, 0.15) is 27.7 Å². The van der Waals surface area contributed by atoms with Gasteiger partial charge in [0.15, 0.2) is 5.78 Å². The Morgan fingerprint density at radius 1 is 1.06 bits per heavy atom. The molecule has 0 aromatic rings. The number of hydrogen-bond donors (Lipinski definition) is 2. The zero-order valence-electron chi connectivity index (χ0n) is 10.9. The highest BCUT2D eigenvalue weighted by Gasteiger charge is 2.68. The Morgan fingerprint density at radius 3 is 1.75 bits per heavy atom. The first kappa shape index (κ1) is 10.7. The molecule has 0 spiro atoms. The summed E-state index contributed by atoms with van der Waals surface area (Å²) in [4.78, 5) is 15.8. The van der Waals surface area contributed by atoms with Gasteiger partial charge in [0.25, 0.3) is 0 Å². The lowest BCUT2D eigenvalue weighted by atomic mass is 9.61. The second-order valence-corrected chi connectivity index (χ2v) is 7.20. The van der Waals surface area contributed by atoms with E-state index in [4.69, 9.17) is 0 Å². The van der Waals surface area contributed by atoms with E-state index in [0.29, 0.717) is 5.78 Å². The van der Waals surface area contributed by atoms with E-state index in [1.54, 1.807) is 9.80 Å². The third-order valence-corrected chi connectivity index (χ3v) is 5.11. The van der Waals surface area contributed by atoms with Gasteiger partial charge in [0.2, 0.25) is 6.17 Å². The molecule has 0 unspecified atom stereocenters. The van der Waals surface area contributed by atoms with Gasteiger partial charge in [-0.3, -0.25) is 14.6 Å². The van der Waals surface area contributed by atoms with Gasteiger partial charge in [0.1, 0.15) is 10.8 Å². The van der Waals surface area contributed by atoms with Gasteiger partial charge in [0.05, 0.1) is 32.1 Å². The van der Waals surface area contributed by atoms with E-state index in [-0.39, 0.29) is 10.8 Å². The molecular formula is C13H24N2O+2. The number of quaternary nitrogens is 2. The SMILES string of the molecule is CC(C)C1[NH+]2CC3(C)C[NH+]1CC(C)(C2)C3=O. The minimum atomic E-state index is -0.0265. The van der Waals surface area contributed by atoms with Gasteiger partial charge in [-0.2, -0.15) is 0 Å². The molecule has 0 aromatic carbocycles. The molecule has 16 heavy (non-hydrogen) atoms. The Bertz CT molecular complexity index is 310. The number of carbonyl (C=O) groups is 1. The number of nitrogens with one attached hydrogen (secondary N) is 2. The molecule has 0 amide bonds. The summed E-state index contributed by atoms with van der Waals surface area (Å²) in [5, 5.41) is 0. The molecule has 4 bridgehead atoms. The summed E-state index contributed by atoms with van der Waals surface area (Å²) < 4.78 is 0. The molecule has 0 radical (unpaired) electrons. The fourth-order valence-corrected chi connectivity index (χ4v) is 4.98. The van der Waals surface area contributed by atoms with Crippen molar-refractivity contribution in [2.75, 3.05) is 26.2 Å². The largest absolute Gasteiger partial charge is 0.297 e. The predicted octanol–water partition coefficient (Wildman–Crippen LogP) is -1.64. The Balaban J connectivity index is 2.00. The summed E-state index contributed by atoms with van der Waals surface area (Å²) in [6, 6.07) is 0. The van der Waals surface area contributed by atoms with E-state index in [1.807, 2.05) is 0 Å². The number of piperidine rings is 2. The number of carbonyl (C=O) groups excluding carboxylic acids is 1. The minimum Gasteiger partial charge on any atom is -0.297 e. The fraction of sp³-hybridized carbons (Fsp3) is 0.923. The van der Waals surface area contributed by atoms with Gasteiger partial charge in [-0.15, -0.1) is 0 Å². The summed E-state index contributed by atoms with van der Waals surface area (Å²) in [6.45, 7) is 13.4. The maximum Gasteiger partial charge on any atom is 0.215 e. The lowest BCUT2D eigenvalue weighted by molar-refractivity contribution is -1.17. The second kappa shape index (κ2) is 2.88. The third-order valence-electron chi connectivity index (χ3n) is 5.11. The molecule has 0 aromatic heterocycles. The van der Waals surface area contributed by atoms with Crippen molar-refractivity contribution in [3.63, 3.8) is 0 Å². The second-order valence-electron chi connectivity index (χ2n) is 7.20. The molecule has 4 aliphatic rings. The van der Waals surface area contributed by atoms with E-state index < -0.39 is 0 Å². The van der Waals surface area contributed by atoms with Gasteiger partial charge in [-0.25, -0.2) is 0 Å². The molecule has 0 saturated carbocycles. The van der Waals surface area contributed by atoms with E-state index >= 15 is 0 Å². The Morgan fingerprint density at radius 2 is 1.44 bits per heavy atom. The maximum atomic E-state index is 12.5. The molecule has 4 heterocycles. The van der Waals surface area contributed by atoms with Crippen LogP contribution >= 0.6 is 0 Å². The predicted molar refractivity (Wildman–Crippen MR) is 61.2 cm³/mol. The van der Waals surface area contributed by atoms with Gasteiger partial charge in [-0.05, 0) is 13.8 Å². The molecule has 2 N–H and O–H groups in total. The number of ketones is 1. The first-order valence-electron chi connectivity index (χ1n) is 6.60. The standard InChI is InChI=1S/C13H22N2O/c1-9(2)10-14-5-12(3)6-15(10)8-13(4,7-14)11(12)16/h9-10H,5-8H2,1-4H3/p+2. The minimum absolute atomic E-state index is 0.0265. The van der Waals surface area contributed by atoms with Crippen LogP contribution in [-0.4, -0.2) is 38.1 Å². The molecule has 4 saturated heterocycles. The highest BCUT2D eigenvalue weighted by Crippen LogP contribution is 2.34. The highest BCUT2D eigenvalue weighted by atomic mass is 16.1. The summed E-state index contributed by atoms with van der Waals surface area (Å²) in [5.74, 6) is 1.28. The van der Waals surface area contributed by atoms with Crippen LogP contribution in [0.2, 0.25) is 0 Å². The summed E-state index contributed by atoms with van der Waals surface area (Å²) in [7, 11) is 0. The van der Waals surface area contributed by atoms with Crippen LogP contribution in [0.25, 0.3) is 0 Å². The highest BCUT2D eigenvalue weighted by molar-refractivity contribution is 5.91. The quantitative estimate of drug-likeness (QED) is 0.549. The van der Waals surface area contributed by atoms with Gasteiger partial charge < -0.3 is 0 Å². The maximum absolute atomic E-state index is 12.5. The monoisotopic (exact) mass is 224 g/mol. The Kier molecular flexibility index (Phi) is 1.93. The summed E-state index contributed by atoms with van der Waals surface area (Å²) >= 11 is 0. The molecule has 0 aliphatic carbocycles. The first-order valence-corrected chi connectivity index (χ1v) is 6.60. The van der Waals surface area contributed by atoms with E-state index in [0.717, 1.165) is 38.3 Å². The zero-order valence-corrected chi connectivity index (χ0v) is 10.9. The van der Waals surface area contributed by atoms with Gasteiger partial charge in [0, 0.05) is 0 Å². The van der Waals surface area contributed by atoms with Crippen LogP contribution in [0.3, 0.4) is 0 Å². The smallest absolute Gasteiger partial charge is 0.215 e. The lowest BCUT2D eigenvalue weighted by Gasteiger charge is -2.59. The molecule has 3 nitrogen and oxygen atoms in total. The van der Waals surface area contributed by atoms with Crippen molar-refractivity contribution in [2.45, 2.75) is 33.9 Å².